The minimum Gasteiger partial charge on any atom is -0.506 e. The molecule has 126 valence electrons. The van der Waals surface area contributed by atoms with E-state index in [1.54, 1.807) is 24.3 Å². The van der Waals surface area contributed by atoms with Crippen molar-refractivity contribution in [3.63, 3.8) is 0 Å². The van der Waals surface area contributed by atoms with E-state index in [0.29, 0.717) is 14.7 Å². The largest absolute Gasteiger partial charge is 0.506 e. The number of halogens is 2. The first-order chi connectivity index (χ1) is 12.1. The third-order valence-electron chi connectivity index (χ3n) is 3.46. The summed E-state index contributed by atoms with van der Waals surface area (Å²) in [5.41, 5.74) is 4.28. The molecule has 1 amide bonds. The lowest BCUT2D eigenvalue weighted by Gasteiger charge is -2.09. The fraction of sp³-hybridized carbons (Fsp3) is 0. The molecule has 1 heterocycles. The highest BCUT2D eigenvalue weighted by molar-refractivity contribution is 14.1. The summed E-state index contributed by atoms with van der Waals surface area (Å²) in [6.07, 6.45) is 5.16. The molecule has 7 heteroatoms. The molecule has 3 rings (SSSR count). The van der Waals surface area contributed by atoms with Gasteiger partial charge in [0, 0.05) is 22.4 Å². The van der Waals surface area contributed by atoms with E-state index in [-0.39, 0.29) is 11.7 Å². The number of amides is 1. The number of hydrogen-bond acceptors (Lipinski definition) is 3. The number of hydrazone groups is 1. The van der Waals surface area contributed by atoms with Crippen molar-refractivity contribution in [2.45, 2.75) is 0 Å². The van der Waals surface area contributed by atoms with Gasteiger partial charge in [0.1, 0.15) is 5.75 Å². The topological polar surface area (TPSA) is 66.6 Å². The van der Waals surface area contributed by atoms with Crippen LogP contribution < -0.4 is 5.43 Å². The number of phenols is 1. The molecule has 0 aliphatic carbocycles. The second-order valence-electron chi connectivity index (χ2n) is 5.13. The first-order valence-corrected chi connectivity index (χ1v) is 9.17. The molecular formula is C18H13BrIN3O2. The summed E-state index contributed by atoms with van der Waals surface area (Å²) in [4.78, 5) is 12.5. The second kappa shape index (κ2) is 7.83. The van der Waals surface area contributed by atoms with Gasteiger partial charge in [-0.3, -0.25) is 4.79 Å². The molecule has 0 unspecified atom stereocenters. The predicted molar refractivity (Wildman–Crippen MR) is 109 cm³/mol. The fourth-order valence-electron chi connectivity index (χ4n) is 2.29. The highest BCUT2D eigenvalue weighted by Crippen LogP contribution is 2.27. The molecular weight excluding hydrogens is 497 g/mol. The fourth-order valence-corrected chi connectivity index (χ4v) is 3.84. The van der Waals surface area contributed by atoms with Gasteiger partial charge in [0.2, 0.25) is 0 Å². The summed E-state index contributed by atoms with van der Waals surface area (Å²) in [6, 6.07) is 14.6. The van der Waals surface area contributed by atoms with Gasteiger partial charge in [-0.2, -0.15) is 5.10 Å². The van der Waals surface area contributed by atoms with Crippen LogP contribution in [0.4, 0.5) is 0 Å². The van der Waals surface area contributed by atoms with Crippen molar-refractivity contribution >= 4 is 50.6 Å². The molecule has 0 saturated carbocycles. The monoisotopic (exact) mass is 509 g/mol. The molecule has 0 bridgehead atoms. The van der Waals surface area contributed by atoms with Crippen LogP contribution in [0.2, 0.25) is 0 Å². The van der Waals surface area contributed by atoms with E-state index in [2.05, 4.69) is 26.5 Å². The lowest BCUT2D eigenvalue weighted by molar-refractivity contribution is 0.0955. The Labute approximate surface area is 166 Å². The number of aromatic hydroxyl groups is 1. The highest BCUT2D eigenvalue weighted by Gasteiger charge is 2.11. The molecule has 25 heavy (non-hydrogen) atoms. The number of nitrogens with zero attached hydrogens (tertiary/aromatic N) is 2. The lowest BCUT2D eigenvalue weighted by Crippen LogP contribution is -2.19. The van der Waals surface area contributed by atoms with Gasteiger partial charge >= 0.3 is 0 Å². The third-order valence-corrected chi connectivity index (χ3v) is 4.74. The molecule has 0 fully saturated rings. The van der Waals surface area contributed by atoms with Crippen LogP contribution in [0.1, 0.15) is 15.9 Å². The number of hydrogen-bond donors (Lipinski definition) is 2. The average Bonchev–Trinajstić information content (AvgIpc) is 3.13. The molecule has 5 nitrogen and oxygen atoms in total. The summed E-state index contributed by atoms with van der Waals surface area (Å²) >= 11 is 5.40. The number of benzene rings is 2. The summed E-state index contributed by atoms with van der Waals surface area (Å²) in [5, 5.41) is 14.0. The normalized spacial score (nSPS) is 11.0. The molecule has 0 saturated heterocycles. The standard InChI is InChI=1S/C18H13BrIN3O2/c19-13-9-12(17(24)15(20)10-13)11-21-22-18(25)14-5-1-2-6-16(14)23-7-3-4-8-23/h1-11,24H,(H,22,25)/b21-11-. The quantitative estimate of drug-likeness (QED) is 0.312. The number of nitrogens with one attached hydrogen (secondary N) is 1. The van der Waals surface area contributed by atoms with E-state index in [1.807, 2.05) is 63.8 Å². The van der Waals surface area contributed by atoms with Crippen LogP contribution >= 0.6 is 38.5 Å². The summed E-state index contributed by atoms with van der Waals surface area (Å²) in [7, 11) is 0. The third kappa shape index (κ3) is 4.10. The number of rotatable bonds is 4. The van der Waals surface area contributed by atoms with Gasteiger partial charge in [0.25, 0.3) is 5.91 Å². The minimum absolute atomic E-state index is 0.120. The summed E-state index contributed by atoms with van der Waals surface area (Å²) in [5.74, 6) is -0.209. The van der Waals surface area contributed by atoms with Crippen molar-refractivity contribution in [2.24, 2.45) is 5.10 Å². The van der Waals surface area contributed by atoms with Crippen LogP contribution in [0.5, 0.6) is 5.75 Å². The number of phenolic OH excluding ortho intramolecular Hbond substituents is 1. The van der Waals surface area contributed by atoms with Crippen molar-refractivity contribution in [3.05, 3.63) is 80.1 Å². The van der Waals surface area contributed by atoms with Crippen molar-refractivity contribution in [3.8, 4) is 11.4 Å². The van der Waals surface area contributed by atoms with Crippen LogP contribution in [0, 0.1) is 3.57 Å². The molecule has 0 aliphatic heterocycles. The van der Waals surface area contributed by atoms with Crippen molar-refractivity contribution in [2.75, 3.05) is 0 Å². The van der Waals surface area contributed by atoms with Gasteiger partial charge in [-0.25, -0.2) is 5.43 Å². The molecule has 2 N–H and O–H groups in total. The van der Waals surface area contributed by atoms with Gasteiger partial charge in [-0.05, 0) is 59.0 Å². The number of carbonyl (C=O) groups excluding carboxylic acids is 1. The van der Waals surface area contributed by atoms with E-state index in [0.717, 1.165) is 10.2 Å². The summed E-state index contributed by atoms with van der Waals surface area (Å²) in [6.45, 7) is 0. The smallest absolute Gasteiger partial charge is 0.273 e. The first kappa shape index (κ1) is 17.7. The Morgan fingerprint density at radius 2 is 1.92 bits per heavy atom. The number of carbonyl (C=O) groups is 1. The molecule has 0 atom stereocenters. The van der Waals surface area contributed by atoms with Crippen molar-refractivity contribution < 1.29 is 9.90 Å². The maximum Gasteiger partial charge on any atom is 0.273 e. The van der Waals surface area contributed by atoms with Gasteiger partial charge < -0.3 is 9.67 Å². The number of aromatic nitrogens is 1. The van der Waals surface area contributed by atoms with Crippen LogP contribution in [0.3, 0.4) is 0 Å². The molecule has 0 spiro atoms. The Balaban J connectivity index is 1.81. The van der Waals surface area contributed by atoms with Gasteiger partial charge in [0.05, 0.1) is 21.0 Å². The van der Waals surface area contributed by atoms with E-state index in [4.69, 9.17) is 0 Å². The van der Waals surface area contributed by atoms with Crippen LogP contribution in [-0.2, 0) is 0 Å². The SMILES string of the molecule is O=C(N/N=C\c1cc(Br)cc(I)c1O)c1ccccc1-n1cccc1. The molecule has 0 aliphatic rings. The zero-order valence-corrected chi connectivity index (χ0v) is 16.6. The van der Waals surface area contributed by atoms with Crippen molar-refractivity contribution in [1.82, 2.24) is 9.99 Å². The predicted octanol–water partition coefficient (Wildman–Crippen LogP) is 4.31. The Kier molecular flexibility index (Phi) is 5.54. The first-order valence-electron chi connectivity index (χ1n) is 7.30. The molecule has 1 aromatic heterocycles. The number of para-hydroxylation sites is 1. The van der Waals surface area contributed by atoms with Gasteiger partial charge in [-0.1, -0.05) is 28.1 Å². The van der Waals surface area contributed by atoms with Crippen LogP contribution in [0.25, 0.3) is 5.69 Å². The second-order valence-corrected chi connectivity index (χ2v) is 7.21. The van der Waals surface area contributed by atoms with E-state index in [9.17, 15) is 9.90 Å². The molecule has 0 radical (unpaired) electrons. The van der Waals surface area contributed by atoms with Gasteiger partial charge in [0.15, 0.2) is 0 Å². The average molecular weight is 510 g/mol. The molecule has 2 aromatic carbocycles. The Morgan fingerprint density at radius 3 is 2.68 bits per heavy atom. The van der Waals surface area contributed by atoms with E-state index >= 15 is 0 Å². The Morgan fingerprint density at radius 1 is 1.20 bits per heavy atom. The van der Waals surface area contributed by atoms with Crippen LogP contribution in [0.15, 0.2) is 70.5 Å². The summed E-state index contributed by atoms with van der Waals surface area (Å²) < 4.78 is 3.37. The maximum absolute atomic E-state index is 12.5. The van der Waals surface area contributed by atoms with E-state index in [1.165, 1.54) is 6.21 Å². The highest BCUT2D eigenvalue weighted by atomic mass is 127. The zero-order valence-electron chi connectivity index (χ0n) is 12.9. The Bertz CT molecular complexity index is 939. The molecule has 3 aromatic rings. The van der Waals surface area contributed by atoms with Crippen molar-refractivity contribution in [1.29, 1.82) is 0 Å². The minimum atomic E-state index is -0.329. The zero-order chi connectivity index (χ0) is 17.8. The van der Waals surface area contributed by atoms with Crippen LogP contribution in [-0.4, -0.2) is 21.8 Å². The maximum atomic E-state index is 12.5. The lowest BCUT2D eigenvalue weighted by atomic mass is 10.1. The van der Waals surface area contributed by atoms with E-state index < -0.39 is 0 Å². The van der Waals surface area contributed by atoms with Gasteiger partial charge in [-0.15, -0.1) is 0 Å². The Hall–Kier alpha value is -2.13.